The number of likely N-dealkylation sites (N-methyl/N-ethyl adjacent to an activating group) is 1. The van der Waals surface area contributed by atoms with Crippen molar-refractivity contribution in [1.29, 1.82) is 0 Å². The molecular formula is C20H16N2O3. The van der Waals surface area contributed by atoms with Crippen LogP contribution in [-0.4, -0.2) is 28.6 Å². The highest BCUT2D eigenvalue weighted by atomic mass is 16.4. The van der Waals surface area contributed by atoms with Gasteiger partial charge in [0.2, 0.25) is 0 Å². The maximum absolute atomic E-state index is 12.6. The molecule has 0 saturated heterocycles. The van der Waals surface area contributed by atoms with Crippen molar-refractivity contribution in [1.82, 2.24) is 4.57 Å². The zero-order valence-electron chi connectivity index (χ0n) is 13.6. The van der Waals surface area contributed by atoms with Gasteiger partial charge in [0.1, 0.15) is 6.54 Å². The zero-order valence-corrected chi connectivity index (χ0v) is 13.6. The van der Waals surface area contributed by atoms with Crippen LogP contribution in [0.15, 0.2) is 54.7 Å². The number of amides is 1. The lowest BCUT2D eigenvalue weighted by Crippen LogP contribution is -2.20. The van der Waals surface area contributed by atoms with Crippen molar-refractivity contribution >= 4 is 40.1 Å². The van der Waals surface area contributed by atoms with Crippen molar-refractivity contribution < 1.29 is 14.7 Å². The van der Waals surface area contributed by atoms with Crippen LogP contribution in [0.3, 0.4) is 0 Å². The number of aliphatic carboxylic acids is 1. The van der Waals surface area contributed by atoms with Gasteiger partial charge in [-0.15, -0.1) is 0 Å². The molecule has 0 radical (unpaired) electrons. The van der Waals surface area contributed by atoms with E-state index in [1.807, 2.05) is 54.6 Å². The fourth-order valence-corrected chi connectivity index (χ4v) is 3.36. The standard InChI is InChI=1S/C20H16N2O3/c1-21-17-8-4-3-7-15(17)16(20(21)25)10-13-11-22(12-19(23)24)18-9-5-2-6-14(13)18/h2-11H,12H2,1H3,(H,23,24)/b16-10+. The van der Waals surface area contributed by atoms with Crippen LogP contribution in [0.25, 0.3) is 22.6 Å². The van der Waals surface area contributed by atoms with Gasteiger partial charge in [0.15, 0.2) is 0 Å². The van der Waals surface area contributed by atoms with Crippen LogP contribution in [-0.2, 0) is 16.1 Å². The van der Waals surface area contributed by atoms with Gasteiger partial charge in [0, 0.05) is 40.8 Å². The molecular weight excluding hydrogens is 316 g/mol. The third-order valence-corrected chi connectivity index (χ3v) is 4.52. The van der Waals surface area contributed by atoms with E-state index in [0.29, 0.717) is 5.57 Å². The van der Waals surface area contributed by atoms with E-state index in [1.165, 1.54) is 0 Å². The fourth-order valence-electron chi connectivity index (χ4n) is 3.36. The van der Waals surface area contributed by atoms with Crippen LogP contribution >= 0.6 is 0 Å². The van der Waals surface area contributed by atoms with Crippen LogP contribution in [0.4, 0.5) is 5.69 Å². The predicted molar refractivity (Wildman–Crippen MR) is 97.3 cm³/mol. The van der Waals surface area contributed by atoms with E-state index in [1.54, 1.807) is 22.7 Å². The van der Waals surface area contributed by atoms with E-state index in [9.17, 15) is 9.59 Å². The van der Waals surface area contributed by atoms with E-state index in [-0.39, 0.29) is 12.5 Å². The summed E-state index contributed by atoms with van der Waals surface area (Å²) in [5.41, 5.74) is 4.07. The van der Waals surface area contributed by atoms with Crippen molar-refractivity contribution in [2.75, 3.05) is 11.9 Å². The summed E-state index contributed by atoms with van der Waals surface area (Å²) >= 11 is 0. The van der Waals surface area contributed by atoms with Gasteiger partial charge in [-0.3, -0.25) is 9.59 Å². The quantitative estimate of drug-likeness (QED) is 0.749. The van der Waals surface area contributed by atoms with Crippen LogP contribution in [0.5, 0.6) is 0 Å². The molecule has 1 aliphatic heterocycles. The summed E-state index contributed by atoms with van der Waals surface area (Å²) < 4.78 is 1.69. The number of aromatic nitrogens is 1. The third-order valence-electron chi connectivity index (χ3n) is 4.52. The molecule has 0 spiro atoms. The molecule has 0 atom stereocenters. The van der Waals surface area contributed by atoms with Gasteiger partial charge in [-0.05, 0) is 18.2 Å². The summed E-state index contributed by atoms with van der Waals surface area (Å²) in [7, 11) is 1.76. The first-order valence-corrected chi connectivity index (χ1v) is 7.95. The topological polar surface area (TPSA) is 62.5 Å². The Morgan fingerprint density at radius 2 is 1.84 bits per heavy atom. The SMILES string of the molecule is CN1C(=O)/C(=C/c2cn(CC(=O)O)c3ccccc23)c2ccccc21. The molecule has 1 amide bonds. The van der Waals surface area contributed by atoms with Gasteiger partial charge in [0.25, 0.3) is 5.91 Å². The molecule has 0 saturated carbocycles. The molecule has 5 nitrogen and oxygen atoms in total. The summed E-state index contributed by atoms with van der Waals surface area (Å²) in [6.45, 7) is -0.117. The highest BCUT2D eigenvalue weighted by molar-refractivity contribution is 6.36. The largest absolute Gasteiger partial charge is 0.480 e. The van der Waals surface area contributed by atoms with Gasteiger partial charge >= 0.3 is 5.97 Å². The normalized spacial score (nSPS) is 15.2. The van der Waals surface area contributed by atoms with Crippen LogP contribution < -0.4 is 4.90 Å². The first-order chi connectivity index (χ1) is 12.1. The number of carboxylic acids is 1. The van der Waals surface area contributed by atoms with E-state index >= 15 is 0 Å². The minimum Gasteiger partial charge on any atom is -0.480 e. The first kappa shape index (κ1) is 15.2. The van der Waals surface area contributed by atoms with Crippen molar-refractivity contribution in [3.8, 4) is 0 Å². The van der Waals surface area contributed by atoms with E-state index in [4.69, 9.17) is 5.11 Å². The van der Waals surface area contributed by atoms with Crippen molar-refractivity contribution in [2.24, 2.45) is 0 Å². The van der Waals surface area contributed by atoms with Gasteiger partial charge in [-0.2, -0.15) is 0 Å². The van der Waals surface area contributed by atoms with Gasteiger partial charge in [-0.1, -0.05) is 36.4 Å². The minimum absolute atomic E-state index is 0.0590. The lowest BCUT2D eigenvalue weighted by atomic mass is 10.0. The summed E-state index contributed by atoms with van der Waals surface area (Å²) in [5, 5.41) is 10.1. The lowest BCUT2D eigenvalue weighted by Gasteiger charge is -2.07. The summed E-state index contributed by atoms with van der Waals surface area (Å²) in [4.78, 5) is 25.4. The fraction of sp³-hybridized carbons (Fsp3) is 0.100. The molecule has 25 heavy (non-hydrogen) atoms. The van der Waals surface area contributed by atoms with Crippen molar-refractivity contribution in [3.63, 3.8) is 0 Å². The zero-order chi connectivity index (χ0) is 17.6. The van der Waals surface area contributed by atoms with Crippen LogP contribution in [0.1, 0.15) is 11.1 Å². The number of carbonyl (C=O) groups excluding carboxylic acids is 1. The number of anilines is 1. The molecule has 1 aromatic heterocycles. The predicted octanol–water partition coefficient (Wildman–Crippen LogP) is 3.24. The number of benzene rings is 2. The lowest BCUT2D eigenvalue weighted by molar-refractivity contribution is -0.137. The molecule has 4 rings (SSSR count). The van der Waals surface area contributed by atoms with E-state index < -0.39 is 5.97 Å². The number of carbonyl (C=O) groups is 2. The Hall–Kier alpha value is -3.34. The smallest absolute Gasteiger partial charge is 0.323 e. The summed E-state index contributed by atoms with van der Waals surface area (Å²) in [5.74, 6) is -0.960. The van der Waals surface area contributed by atoms with Crippen LogP contribution in [0, 0.1) is 0 Å². The van der Waals surface area contributed by atoms with Gasteiger partial charge < -0.3 is 14.6 Å². The second-order valence-electron chi connectivity index (χ2n) is 6.06. The molecule has 1 N–H and O–H groups in total. The number of nitrogens with zero attached hydrogens (tertiary/aromatic N) is 2. The van der Waals surface area contributed by atoms with Gasteiger partial charge in [0.05, 0.1) is 5.69 Å². The highest BCUT2D eigenvalue weighted by Crippen LogP contribution is 2.37. The average Bonchev–Trinajstić information content (AvgIpc) is 3.06. The number of fused-ring (bicyclic) bond motifs is 2. The molecule has 2 aromatic carbocycles. The number of rotatable bonds is 3. The second kappa shape index (κ2) is 5.63. The molecule has 0 fully saturated rings. The Bertz CT molecular complexity index is 1050. The van der Waals surface area contributed by atoms with Crippen molar-refractivity contribution in [3.05, 3.63) is 65.9 Å². The number of para-hydroxylation sites is 2. The molecule has 2 heterocycles. The summed E-state index contributed by atoms with van der Waals surface area (Å²) in [6, 6.07) is 15.3. The van der Waals surface area contributed by atoms with Crippen molar-refractivity contribution in [2.45, 2.75) is 6.54 Å². The second-order valence-corrected chi connectivity index (χ2v) is 6.06. The number of hydrogen-bond donors (Lipinski definition) is 1. The molecule has 0 aliphatic carbocycles. The Morgan fingerprint density at radius 3 is 2.64 bits per heavy atom. The molecule has 0 unspecified atom stereocenters. The molecule has 1 aliphatic rings. The Labute approximate surface area is 144 Å². The molecule has 5 heteroatoms. The maximum atomic E-state index is 12.6. The number of hydrogen-bond acceptors (Lipinski definition) is 2. The number of carboxylic acid groups (broad SMARTS) is 1. The average molecular weight is 332 g/mol. The molecule has 0 bridgehead atoms. The van der Waals surface area contributed by atoms with Crippen LogP contribution in [0.2, 0.25) is 0 Å². The monoisotopic (exact) mass is 332 g/mol. The maximum Gasteiger partial charge on any atom is 0.323 e. The molecule has 124 valence electrons. The first-order valence-electron chi connectivity index (χ1n) is 7.95. The summed E-state index contributed by atoms with van der Waals surface area (Å²) in [6.07, 6.45) is 3.64. The Morgan fingerprint density at radius 1 is 1.12 bits per heavy atom. The Kier molecular flexibility index (Phi) is 3.42. The minimum atomic E-state index is -0.901. The molecule has 3 aromatic rings. The highest BCUT2D eigenvalue weighted by Gasteiger charge is 2.29. The van der Waals surface area contributed by atoms with E-state index in [0.717, 1.165) is 27.7 Å². The van der Waals surface area contributed by atoms with Gasteiger partial charge in [-0.25, -0.2) is 0 Å². The third kappa shape index (κ3) is 2.41. The Balaban J connectivity index is 1.90. The van der Waals surface area contributed by atoms with E-state index in [2.05, 4.69) is 0 Å².